The minimum Gasteiger partial charge on any atom is -0.462 e. The van der Waals surface area contributed by atoms with E-state index in [4.69, 9.17) is 4.74 Å². The zero-order chi connectivity index (χ0) is 23.3. The monoisotopic (exact) mass is 471 g/mol. The Hall–Kier alpha value is -2.83. The van der Waals surface area contributed by atoms with Gasteiger partial charge in [-0.2, -0.15) is 0 Å². The van der Waals surface area contributed by atoms with Crippen LogP contribution in [0.5, 0.6) is 0 Å². The molecule has 0 radical (unpaired) electrons. The quantitative estimate of drug-likeness (QED) is 0.439. The van der Waals surface area contributed by atoms with Gasteiger partial charge in [0.05, 0.1) is 17.8 Å². The fraction of sp³-hybridized carbons (Fsp3) is 0.385. The molecule has 0 bridgehead atoms. The van der Waals surface area contributed by atoms with Gasteiger partial charge in [0.2, 0.25) is 0 Å². The number of anilines is 1. The lowest BCUT2D eigenvalue weighted by Crippen LogP contribution is -2.40. The second kappa shape index (κ2) is 11.9. The number of hydrogen-bond acceptors (Lipinski definition) is 5. The van der Waals surface area contributed by atoms with E-state index in [1.54, 1.807) is 11.5 Å². The molecular formula is C26H34ClN3O3. The van der Waals surface area contributed by atoms with E-state index in [9.17, 15) is 9.59 Å². The molecule has 7 heteroatoms. The van der Waals surface area contributed by atoms with Gasteiger partial charge in [0.1, 0.15) is 5.56 Å². The van der Waals surface area contributed by atoms with Gasteiger partial charge in [-0.3, -0.25) is 14.3 Å². The maximum Gasteiger partial charge on any atom is 0.345 e. The number of para-hydroxylation sites is 2. The first-order chi connectivity index (χ1) is 15.4. The average molecular weight is 472 g/mol. The molecular weight excluding hydrogens is 438 g/mol. The van der Waals surface area contributed by atoms with Crippen LogP contribution >= 0.6 is 12.4 Å². The van der Waals surface area contributed by atoms with Gasteiger partial charge in [-0.1, -0.05) is 36.4 Å². The molecule has 33 heavy (non-hydrogen) atoms. The number of aromatic nitrogens is 1. The molecule has 1 heterocycles. The molecule has 0 fully saturated rings. The SMILES string of the molecule is CCOC(=O)c1c(NCCN(C(C)C)C(C)C)c2ccccc2n(-c2ccccc2)c1=O.Cl. The van der Waals surface area contributed by atoms with Gasteiger partial charge in [0.25, 0.3) is 5.56 Å². The summed E-state index contributed by atoms with van der Waals surface area (Å²) in [6, 6.07) is 17.8. The van der Waals surface area contributed by atoms with Crippen LogP contribution in [0.4, 0.5) is 5.69 Å². The van der Waals surface area contributed by atoms with Crippen LogP contribution in [0.15, 0.2) is 59.4 Å². The van der Waals surface area contributed by atoms with Gasteiger partial charge >= 0.3 is 5.97 Å². The fourth-order valence-electron chi connectivity index (χ4n) is 4.18. The Kier molecular flexibility index (Phi) is 9.50. The Morgan fingerprint density at radius 2 is 1.61 bits per heavy atom. The van der Waals surface area contributed by atoms with Gasteiger partial charge < -0.3 is 10.1 Å². The Morgan fingerprint density at radius 1 is 1.00 bits per heavy atom. The highest BCUT2D eigenvalue weighted by Crippen LogP contribution is 2.28. The van der Waals surface area contributed by atoms with Crippen LogP contribution in [0.25, 0.3) is 16.6 Å². The van der Waals surface area contributed by atoms with Crippen molar-refractivity contribution in [3.63, 3.8) is 0 Å². The minimum atomic E-state index is -0.611. The normalized spacial score (nSPS) is 11.2. The Balaban J connectivity index is 0.00000385. The molecule has 0 aliphatic carbocycles. The predicted molar refractivity (Wildman–Crippen MR) is 138 cm³/mol. The summed E-state index contributed by atoms with van der Waals surface area (Å²) in [5.74, 6) is -0.611. The van der Waals surface area contributed by atoms with Crippen LogP contribution < -0.4 is 10.9 Å². The molecule has 1 aromatic heterocycles. The summed E-state index contributed by atoms with van der Waals surface area (Å²) in [7, 11) is 0. The zero-order valence-corrected chi connectivity index (χ0v) is 20.8. The molecule has 0 aliphatic heterocycles. The van der Waals surface area contributed by atoms with Crippen molar-refractivity contribution in [2.45, 2.75) is 46.7 Å². The first kappa shape index (κ1) is 26.4. The second-order valence-electron chi connectivity index (χ2n) is 8.32. The molecule has 3 aromatic rings. The summed E-state index contributed by atoms with van der Waals surface area (Å²) < 4.78 is 6.88. The molecule has 3 rings (SSSR count). The van der Waals surface area contributed by atoms with Crippen molar-refractivity contribution in [1.82, 2.24) is 9.47 Å². The summed E-state index contributed by atoms with van der Waals surface area (Å²) in [5.41, 5.74) is 1.62. The molecule has 178 valence electrons. The lowest BCUT2D eigenvalue weighted by molar-refractivity contribution is 0.0525. The highest BCUT2D eigenvalue weighted by atomic mass is 35.5. The number of benzene rings is 2. The number of halogens is 1. The Morgan fingerprint density at radius 3 is 2.21 bits per heavy atom. The number of carbonyl (C=O) groups excluding carboxylic acids is 1. The molecule has 0 spiro atoms. The third kappa shape index (κ3) is 5.75. The first-order valence-electron chi connectivity index (χ1n) is 11.3. The third-order valence-corrected chi connectivity index (χ3v) is 5.57. The van der Waals surface area contributed by atoms with Gasteiger partial charge in [0.15, 0.2) is 0 Å². The van der Waals surface area contributed by atoms with Gasteiger partial charge in [-0.15, -0.1) is 12.4 Å². The molecule has 6 nitrogen and oxygen atoms in total. The van der Waals surface area contributed by atoms with Crippen molar-refractivity contribution in [1.29, 1.82) is 0 Å². The standard InChI is InChI=1S/C26H33N3O3.ClH/c1-6-32-26(31)23-24(27-16-17-28(18(2)3)19(4)5)21-14-10-11-15-22(21)29(25(23)30)20-12-8-7-9-13-20;/h7-15,18-19,27H,6,16-17H2,1-5H3;1H. The van der Waals surface area contributed by atoms with Gasteiger partial charge in [-0.25, -0.2) is 4.79 Å². The van der Waals surface area contributed by atoms with E-state index in [-0.39, 0.29) is 30.1 Å². The minimum absolute atomic E-state index is 0. The Labute approximate surface area is 202 Å². The van der Waals surface area contributed by atoms with Crippen molar-refractivity contribution in [3.8, 4) is 5.69 Å². The van der Waals surface area contributed by atoms with E-state index in [0.717, 1.165) is 17.4 Å². The molecule has 0 unspecified atom stereocenters. The van der Waals surface area contributed by atoms with Gasteiger partial charge in [-0.05, 0) is 52.8 Å². The zero-order valence-electron chi connectivity index (χ0n) is 20.0. The highest BCUT2D eigenvalue weighted by molar-refractivity contribution is 6.05. The Bertz CT molecular complexity index is 1120. The van der Waals surface area contributed by atoms with Crippen molar-refractivity contribution < 1.29 is 9.53 Å². The van der Waals surface area contributed by atoms with Crippen molar-refractivity contribution in [3.05, 3.63) is 70.5 Å². The van der Waals surface area contributed by atoms with Crippen molar-refractivity contribution >= 4 is 35.0 Å². The van der Waals surface area contributed by atoms with Crippen LogP contribution in [0.1, 0.15) is 45.0 Å². The molecule has 0 saturated carbocycles. The number of pyridine rings is 1. The number of nitrogens with one attached hydrogen (secondary N) is 1. The van der Waals surface area contributed by atoms with E-state index < -0.39 is 5.97 Å². The van der Waals surface area contributed by atoms with E-state index in [2.05, 4.69) is 37.9 Å². The predicted octanol–water partition coefficient (Wildman–Crippen LogP) is 5.12. The molecule has 0 aliphatic rings. The molecule has 0 saturated heterocycles. The number of ether oxygens (including phenoxy) is 1. The van der Waals surface area contributed by atoms with E-state index in [1.807, 2.05) is 54.6 Å². The average Bonchev–Trinajstić information content (AvgIpc) is 2.76. The largest absolute Gasteiger partial charge is 0.462 e. The lowest BCUT2D eigenvalue weighted by atomic mass is 10.1. The second-order valence-corrected chi connectivity index (χ2v) is 8.32. The molecule has 0 amide bonds. The maximum absolute atomic E-state index is 13.6. The van der Waals surface area contributed by atoms with Crippen LogP contribution in [-0.2, 0) is 4.74 Å². The first-order valence-corrected chi connectivity index (χ1v) is 11.3. The van der Waals surface area contributed by atoms with Gasteiger partial charge in [0, 0.05) is 36.2 Å². The summed E-state index contributed by atoms with van der Waals surface area (Å²) in [4.78, 5) is 29.0. The summed E-state index contributed by atoms with van der Waals surface area (Å²) in [5, 5.41) is 4.20. The van der Waals surface area contributed by atoms with Crippen LogP contribution in [0.3, 0.4) is 0 Å². The smallest absolute Gasteiger partial charge is 0.345 e. The summed E-state index contributed by atoms with van der Waals surface area (Å²) >= 11 is 0. The number of fused-ring (bicyclic) bond motifs is 1. The van der Waals surface area contributed by atoms with Crippen molar-refractivity contribution in [2.24, 2.45) is 0 Å². The third-order valence-electron chi connectivity index (χ3n) is 5.57. The maximum atomic E-state index is 13.6. The number of rotatable bonds is 9. The number of nitrogens with zero attached hydrogens (tertiary/aromatic N) is 2. The number of carbonyl (C=O) groups is 1. The fourth-order valence-corrected chi connectivity index (χ4v) is 4.18. The van der Waals surface area contributed by atoms with Crippen LogP contribution in [0.2, 0.25) is 0 Å². The highest BCUT2D eigenvalue weighted by Gasteiger charge is 2.24. The van der Waals surface area contributed by atoms with E-state index in [0.29, 0.717) is 30.0 Å². The summed E-state index contributed by atoms with van der Waals surface area (Å²) in [6.07, 6.45) is 0. The molecule has 1 N–H and O–H groups in total. The number of esters is 1. The topological polar surface area (TPSA) is 63.6 Å². The molecule has 2 aromatic carbocycles. The summed E-state index contributed by atoms with van der Waals surface area (Å²) in [6.45, 7) is 12.0. The lowest BCUT2D eigenvalue weighted by Gasteiger charge is -2.30. The number of hydrogen-bond donors (Lipinski definition) is 1. The van der Waals surface area contributed by atoms with Crippen LogP contribution in [-0.4, -0.2) is 47.2 Å². The van der Waals surface area contributed by atoms with E-state index in [1.165, 1.54) is 0 Å². The van der Waals surface area contributed by atoms with E-state index >= 15 is 0 Å². The van der Waals surface area contributed by atoms with Crippen molar-refractivity contribution in [2.75, 3.05) is 25.0 Å². The molecule has 0 atom stereocenters. The van der Waals surface area contributed by atoms with Crippen LogP contribution in [0, 0.1) is 0 Å².